The summed E-state index contributed by atoms with van der Waals surface area (Å²) in [6, 6.07) is 0.177. The molecule has 0 radical (unpaired) electrons. The number of carbonyl (C=O) groups excluding carboxylic acids is 1. The number of halogens is 1. The third kappa shape index (κ3) is 7.10. The quantitative estimate of drug-likeness (QED) is 0.651. The Kier molecular flexibility index (Phi) is 8.73. The average molecular weight is 248 g/mol. The maximum Gasteiger partial charge on any atom is 0.223 e. The van der Waals surface area contributed by atoms with Gasteiger partial charge in [-0.25, -0.2) is 0 Å². The van der Waals surface area contributed by atoms with Crippen molar-refractivity contribution in [3.05, 3.63) is 0 Å². The number of hydrogen-bond donors (Lipinski definition) is 1. The Balaban J connectivity index is 4.07. The maximum atomic E-state index is 12.0. The van der Waals surface area contributed by atoms with Crippen molar-refractivity contribution in [2.24, 2.45) is 5.92 Å². The summed E-state index contributed by atoms with van der Waals surface area (Å²) in [4.78, 5) is 12.0. The zero-order valence-electron chi connectivity index (χ0n) is 11.1. The van der Waals surface area contributed by atoms with Gasteiger partial charge in [0.1, 0.15) is 0 Å². The summed E-state index contributed by atoms with van der Waals surface area (Å²) in [5, 5.41) is 3.17. The van der Waals surface area contributed by atoms with Crippen LogP contribution >= 0.6 is 11.6 Å². The summed E-state index contributed by atoms with van der Waals surface area (Å²) in [6.07, 6.45) is 4.95. The molecule has 0 fully saturated rings. The molecule has 96 valence electrons. The molecule has 0 heterocycles. The third-order valence-electron chi connectivity index (χ3n) is 2.71. The summed E-state index contributed by atoms with van der Waals surface area (Å²) in [5.41, 5.74) is 0. The van der Waals surface area contributed by atoms with Crippen LogP contribution in [0.3, 0.4) is 0 Å². The smallest absolute Gasteiger partial charge is 0.223 e. The van der Waals surface area contributed by atoms with Crippen LogP contribution in [-0.4, -0.2) is 17.3 Å². The molecule has 2 unspecified atom stereocenters. The number of nitrogens with one attached hydrogen (secondary N) is 1. The highest BCUT2D eigenvalue weighted by Gasteiger charge is 2.18. The van der Waals surface area contributed by atoms with E-state index in [2.05, 4.69) is 19.2 Å². The van der Waals surface area contributed by atoms with Crippen molar-refractivity contribution in [2.45, 2.75) is 71.2 Å². The molecule has 1 amide bonds. The third-order valence-corrected chi connectivity index (χ3v) is 2.89. The van der Waals surface area contributed by atoms with Gasteiger partial charge in [-0.05, 0) is 33.1 Å². The van der Waals surface area contributed by atoms with Gasteiger partial charge in [-0.3, -0.25) is 4.79 Å². The van der Waals surface area contributed by atoms with Gasteiger partial charge in [0.25, 0.3) is 0 Å². The number of hydrogen-bond acceptors (Lipinski definition) is 1. The van der Waals surface area contributed by atoms with Crippen molar-refractivity contribution in [1.29, 1.82) is 0 Å². The van der Waals surface area contributed by atoms with Crippen LogP contribution in [0.25, 0.3) is 0 Å². The first-order chi connectivity index (χ1) is 7.51. The molecule has 0 aromatic rings. The molecule has 0 aromatic carbocycles. The molecule has 0 aliphatic rings. The van der Waals surface area contributed by atoms with Gasteiger partial charge >= 0.3 is 0 Å². The van der Waals surface area contributed by atoms with E-state index < -0.39 is 0 Å². The fraction of sp³-hybridized carbons (Fsp3) is 0.923. The number of alkyl halides is 1. The van der Waals surface area contributed by atoms with Crippen LogP contribution in [0.4, 0.5) is 0 Å². The van der Waals surface area contributed by atoms with Crippen LogP contribution in [0.5, 0.6) is 0 Å². The van der Waals surface area contributed by atoms with E-state index >= 15 is 0 Å². The Bertz CT molecular complexity index is 188. The topological polar surface area (TPSA) is 29.1 Å². The Morgan fingerprint density at radius 3 is 2.06 bits per heavy atom. The Hall–Kier alpha value is -0.240. The van der Waals surface area contributed by atoms with Crippen molar-refractivity contribution < 1.29 is 4.79 Å². The van der Waals surface area contributed by atoms with Crippen LogP contribution in [0.1, 0.15) is 59.8 Å². The fourth-order valence-electron chi connectivity index (χ4n) is 2.01. The Morgan fingerprint density at radius 1 is 1.19 bits per heavy atom. The molecule has 0 aromatic heterocycles. The second kappa shape index (κ2) is 8.86. The Labute approximate surface area is 105 Å². The molecule has 1 N–H and O–H groups in total. The lowest BCUT2D eigenvalue weighted by atomic mass is 9.97. The zero-order valence-corrected chi connectivity index (χ0v) is 11.8. The van der Waals surface area contributed by atoms with Crippen molar-refractivity contribution in [1.82, 2.24) is 5.32 Å². The van der Waals surface area contributed by atoms with E-state index in [1.807, 2.05) is 13.8 Å². The maximum absolute atomic E-state index is 12.0. The summed E-state index contributed by atoms with van der Waals surface area (Å²) in [7, 11) is 0. The molecule has 0 aliphatic carbocycles. The molecule has 3 heteroatoms. The van der Waals surface area contributed by atoms with E-state index in [1.54, 1.807) is 0 Å². The van der Waals surface area contributed by atoms with Crippen LogP contribution in [0.2, 0.25) is 0 Å². The molecular weight excluding hydrogens is 222 g/mol. The highest BCUT2D eigenvalue weighted by atomic mass is 35.5. The van der Waals surface area contributed by atoms with Gasteiger partial charge in [0.2, 0.25) is 5.91 Å². The van der Waals surface area contributed by atoms with Gasteiger partial charge in [0.15, 0.2) is 0 Å². The first-order valence-corrected chi connectivity index (χ1v) is 6.89. The summed E-state index contributed by atoms with van der Waals surface area (Å²) < 4.78 is 0. The highest BCUT2D eigenvalue weighted by Crippen LogP contribution is 2.14. The van der Waals surface area contributed by atoms with E-state index in [0.717, 1.165) is 32.1 Å². The second-order valence-electron chi connectivity index (χ2n) is 4.70. The van der Waals surface area contributed by atoms with E-state index in [9.17, 15) is 4.79 Å². The molecule has 0 saturated heterocycles. The van der Waals surface area contributed by atoms with Crippen LogP contribution in [0, 0.1) is 5.92 Å². The molecule has 0 spiro atoms. The largest absolute Gasteiger partial charge is 0.353 e. The molecule has 16 heavy (non-hydrogen) atoms. The Morgan fingerprint density at radius 2 is 1.69 bits per heavy atom. The minimum absolute atomic E-state index is 0.117. The molecule has 2 nitrogen and oxygen atoms in total. The lowest BCUT2D eigenvalue weighted by Gasteiger charge is -2.20. The normalized spacial score (nSPS) is 14.9. The average Bonchev–Trinajstić information content (AvgIpc) is 2.15. The van der Waals surface area contributed by atoms with E-state index in [0.29, 0.717) is 0 Å². The highest BCUT2D eigenvalue weighted by molar-refractivity contribution is 6.20. The van der Waals surface area contributed by atoms with Gasteiger partial charge in [-0.2, -0.15) is 0 Å². The first-order valence-electron chi connectivity index (χ1n) is 6.45. The van der Waals surface area contributed by atoms with Gasteiger partial charge in [-0.15, -0.1) is 11.6 Å². The molecular formula is C13H26ClNO. The predicted molar refractivity (Wildman–Crippen MR) is 70.8 cm³/mol. The number of rotatable bonds is 8. The van der Waals surface area contributed by atoms with Crippen LogP contribution in [0.15, 0.2) is 0 Å². The molecule has 0 aliphatic heterocycles. The monoisotopic (exact) mass is 247 g/mol. The summed E-state index contributed by atoms with van der Waals surface area (Å²) in [5.74, 6) is 0.386. The zero-order chi connectivity index (χ0) is 12.6. The molecule has 0 bridgehead atoms. The minimum Gasteiger partial charge on any atom is -0.353 e. The molecule has 0 saturated carbocycles. The summed E-state index contributed by atoms with van der Waals surface area (Å²) >= 11 is 5.91. The SMILES string of the molecule is CCCC(CCC)C(=O)NC(C)CC(C)Cl. The number of amides is 1. The molecule has 0 rings (SSSR count). The van der Waals surface area contributed by atoms with Gasteiger partial charge in [-0.1, -0.05) is 26.7 Å². The van der Waals surface area contributed by atoms with Gasteiger partial charge in [0.05, 0.1) is 0 Å². The first kappa shape index (κ1) is 15.8. The van der Waals surface area contributed by atoms with E-state index in [-0.39, 0.29) is 23.2 Å². The van der Waals surface area contributed by atoms with E-state index in [1.165, 1.54) is 0 Å². The predicted octanol–water partition coefficient (Wildman–Crippen LogP) is 3.72. The van der Waals surface area contributed by atoms with Crippen molar-refractivity contribution in [2.75, 3.05) is 0 Å². The minimum atomic E-state index is 0.117. The van der Waals surface area contributed by atoms with Crippen LogP contribution < -0.4 is 5.32 Å². The standard InChI is InChI=1S/C13H26ClNO/c1-5-7-12(8-6-2)13(16)15-11(4)9-10(3)14/h10-12H,5-9H2,1-4H3,(H,15,16). The van der Waals surface area contributed by atoms with Gasteiger partial charge in [0, 0.05) is 17.3 Å². The van der Waals surface area contributed by atoms with Crippen molar-refractivity contribution in [3.8, 4) is 0 Å². The number of carbonyl (C=O) groups is 1. The second-order valence-corrected chi connectivity index (χ2v) is 5.45. The lowest BCUT2D eigenvalue weighted by molar-refractivity contribution is -0.126. The van der Waals surface area contributed by atoms with E-state index in [4.69, 9.17) is 11.6 Å². The molecule has 2 atom stereocenters. The van der Waals surface area contributed by atoms with Gasteiger partial charge < -0.3 is 5.32 Å². The van der Waals surface area contributed by atoms with Crippen molar-refractivity contribution >= 4 is 17.5 Å². The fourth-order valence-corrected chi connectivity index (χ4v) is 2.28. The lowest BCUT2D eigenvalue weighted by Crippen LogP contribution is -2.38. The van der Waals surface area contributed by atoms with Crippen LogP contribution in [-0.2, 0) is 4.79 Å². The van der Waals surface area contributed by atoms with Crippen molar-refractivity contribution in [3.63, 3.8) is 0 Å². The summed E-state index contributed by atoms with van der Waals surface area (Å²) in [6.45, 7) is 8.23.